The van der Waals surface area contributed by atoms with Crippen molar-refractivity contribution in [1.29, 1.82) is 0 Å². The molecule has 6 nitrogen and oxygen atoms in total. The van der Waals surface area contributed by atoms with E-state index in [1.54, 1.807) is 6.20 Å². The minimum atomic E-state index is 0.112. The Balaban J connectivity index is 1.26. The predicted octanol–water partition coefficient (Wildman–Crippen LogP) is 5.40. The number of pyridine rings is 1. The third-order valence-electron chi connectivity index (χ3n) is 4.81. The highest BCUT2D eigenvalue weighted by atomic mass is 32.1. The van der Waals surface area contributed by atoms with E-state index in [2.05, 4.69) is 37.6 Å². The highest BCUT2D eigenvalue weighted by Crippen LogP contribution is 2.23. The third kappa shape index (κ3) is 6.26. The maximum absolute atomic E-state index is 12.5. The Kier molecular flexibility index (Phi) is 7.08. The molecule has 4 rings (SSSR count). The van der Waals surface area contributed by atoms with E-state index in [-0.39, 0.29) is 5.78 Å². The van der Waals surface area contributed by atoms with Crippen LogP contribution in [0.4, 0.5) is 16.8 Å². The highest BCUT2D eigenvalue weighted by Gasteiger charge is 2.11. The number of carbonyl (C=O) groups is 1. The number of ketones is 1. The molecule has 0 aliphatic heterocycles. The number of rotatable bonds is 11. The lowest BCUT2D eigenvalue weighted by Crippen LogP contribution is -2.07. The van der Waals surface area contributed by atoms with E-state index in [1.165, 1.54) is 16.9 Å². The molecule has 0 fully saturated rings. The number of carbonyl (C=O) groups excluding carboxylic acids is 1. The van der Waals surface area contributed by atoms with Crippen LogP contribution in [0, 0.1) is 0 Å². The quantitative estimate of drug-likeness (QED) is 0.246. The smallest absolute Gasteiger partial charge is 0.188 e. The van der Waals surface area contributed by atoms with E-state index in [4.69, 9.17) is 0 Å². The lowest BCUT2D eigenvalue weighted by Gasteiger charge is -2.08. The molecule has 3 heterocycles. The zero-order valence-electron chi connectivity index (χ0n) is 17.2. The third-order valence-corrected chi connectivity index (χ3v) is 5.77. The number of anilines is 3. The molecule has 0 aliphatic rings. The average Bonchev–Trinajstić information content (AvgIpc) is 3.48. The van der Waals surface area contributed by atoms with E-state index in [0.717, 1.165) is 31.7 Å². The van der Waals surface area contributed by atoms with Crippen molar-refractivity contribution in [3.05, 3.63) is 89.7 Å². The number of aryl methyl sites for hydroxylation is 2. The number of Topliss-reactive ketones (excluding diaryl/α,β-unsaturated/α-hetero) is 1. The van der Waals surface area contributed by atoms with Gasteiger partial charge < -0.3 is 15.2 Å². The molecule has 0 atom stereocenters. The summed E-state index contributed by atoms with van der Waals surface area (Å²) in [5.74, 6) is 1.63. The second-order valence-electron chi connectivity index (χ2n) is 7.17. The van der Waals surface area contributed by atoms with Crippen molar-refractivity contribution in [3.8, 4) is 0 Å². The monoisotopic (exact) mass is 431 g/mol. The van der Waals surface area contributed by atoms with Gasteiger partial charge in [-0.3, -0.25) is 4.79 Å². The summed E-state index contributed by atoms with van der Waals surface area (Å²) >= 11 is 1.36. The van der Waals surface area contributed by atoms with E-state index in [9.17, 15) is 4.79 Å². The molecule has 0 amide bonds. The summed E-state index contributed by atoms with van der Waals surface area (Å²) in [5, 5.41) is 7.23. The molecular weight excluding hydrogens is 406 g/mol. The number of nitrogens with zero attached hydrogens (tertiary/aromatic N) is 3. The average molecular weight is 432 g/mol. The lowest BCUT2D eigenvalue weighted by atomic mass is 10.1. The summed E-state index contributed by atoms with van der Waals surface area (Å²) in [7, 11) is 0. The van der Waals surface area contributed by atoms with Crippen LogP contribution >= 0.6 is 11.3 Å². The van der Waals surface area contributed by atoms with Crippen LogP contribution in [-0.4, -0.2) is 26.9 Å². The van der Waals surface area contributed by atoms with Gasteiger partial charge >= 0.3 is 0 Å². The van der Waals surface area contributed by atoms with Crippen LogP contribution in [0.3, 0.4) is 0 Å². The first kappa shape index (κ1) is 20.8. The lowest BCUT2D eigenvalue weighted by molar-refractivity contribution is 0.0986. The van der Waals surface area contributed by atoms with Crippen molar-refractivity contribution in [2.45, 2.75) is 25.8 Å². The molecule has 0 unspecified atom stereocenters. The summed E-state index contributed by atoms with van der Waals surface area (Å²) in [6, 6.07) is 19.9. The molecule has 0 spiro atoms. The molecule has 2 N–H and O–H groups in total. The van der Waals surface area contributed by atoms with E-state index in [0.29, 0.717) is 22.2 Å². The molecule has 7 heteroatoms. The zero-order valence-corrected chi connectivity index (χ0v) is 18.0. The number of hydrogen-bond acceptors (Lipinski definition) is 6. The largest absolute Gasteiger partial charge is 0.370 e. The molecule has 4 aromatic rings. The van der Waals surface area contributed by atoms with Crippen LogP contribution in [0.15, 0.2) is 79.3 Å². The molecule has 0 saturated carbocycles. The Morgan fingerprint density at radius 1 is 0.968 bits per heavy atom. The standard InChI is InChI=1S/C24H25N5OS/c30-20(13-12-19-8-2-1-3-9-19)21-18-26-24(31-21)28-23-11-6-10-22(27-23)25-14-7-17-29-15-4-5-16-29/h1-6,8-11,15-16,18H,7,12-14,17H2,(H2,25,26,27,28). The first-order chi connectivity index (χ1) is 15.3. The molecule has 0 saturated heterocycles. The van der Waals surface area contributed by atoms with Crippen molar-refractivity contribution < 1.29 is 4.79 Å². The second-order valence-corrected chi connectivity index (χ2v) is 8.20. The molecule has 0 bridgehead atoms. The van der Waals surface area contributed by atoms with Crippen molar-refractivity contribution in [3.63, 3.8) is 0 Å². The van der Waals surface area contributed by atoms with E-state index < -0.39 is 0 Å². The van der Waals surface area contributed by atoms with Gasteiger partial charge in [-0.05, 0) is 42.7 Å². The molecule has 31 heavy (non-hydrogen) atoms. The predicted molar refractivity (Wildman–Crippen MR) is 126 cm³/mol. The van der Waals surface area contributed by atoms with Crippen LogP contribution in [0.25, 0.3) is 0 Å². The van der Waals surface area contributed by atoms with Gasteiger partial charge in [0.2, 0.25) is 0 Å². The van der Waals surface area contributed by atoms with Gasteiger partial charge in [-0.1, -0.05) is 47.7 Å². The van der Waals surface area contributed by atoms with Gasteiger partial charge in [0.1, 0.15) is 11.6 Å². The van der Waals surface area contributed by atoms with Crippen molar-refractivity contribution in [2.24, 2.45) is 0 Å². The zero-order chi connectivity index (χ0) is 21.3. The maximum Gasteiger partial charge on any atom is 0.188 e. The molecular formula is C24H25N5OS. The van der Waals surface area contributed by atoms with Gasteiger partial charge in [-0.2, -0.15) is 0 Å². The van der Waals surface area contributed by atoms with Crippen LogP contribution in [0.5, 0.6) is 0 Å². The first-order valence-electron chi connectivity index (χ1n) is 10.4. The van der Waals surface area contributed by atoms with Crippen LogP contribution in [0.2, 0.25) is 0 Å². The first-order valence-corrected chi connectivity index (χ1v) is 11.2. The summed E-state index contributed by atoms with van der Waals surface area (Å²) in [6.07, 6.45) is 8.00. The number of nitrogens with one attached hydrogen (secondary N) is 2. The fraction of sp³-hybridized carbons (Fsp3) is 0.208. The molecule has 3 aromatic heterocycles. The summed E-state index contributed by atoms with van der Waals surface area (Å²) in [6.45, 7) is 1.81. The van der Waals surface area contributed by atoms with Crippen LogP contribution < -0.4 is 10.6 Å². The van der Waals surface area contributed by atoms with E-state index in [1.807, 2.05) is 60.7 Å². The maximum atomic E-state index is 12.5. The van der Waals surface area contributed by atoms with E-state index >= 15 is 0 Å². The summed E-state index contributed by atoms with van der Waals surface area (Å²) < 4.78 is 2.16. The van der Waals surface area contributed by atoms with Crippen LogP contribution in [0.1, 0.15) is 28.1 Å². The van der Waals surface area contributed by atoms with Gasteiger partial charge in [-0.15, -0.1) is 0 Å². The Hall–Kier alpha value is -3.45. The SMILES string of the molecule is O=C(CCc1ccccc1)c1cnc(Nc2cccc(NCCCn3cccc3)n2)s1. The second kappa shape index (κ2) is 10.5. The van der Waals surface area contributed by atoms with Crippen molar-refractivity contribution in [1.82, 2.24) is 14.5 Å². The van der Waals surface area contributed by atoms with Crippen molar-refractivity contribution >= 4 is 33.9 Å². The molecule has 1 aromatic carbocycles. The highest BCUT2D eigenvalue weighted by molar-refractivity contribution is 7.17. The Bertz CT molecular complexity index is 1090. The van der Waals surface area contributed by atoms with Crippen molar-refractivity contribution in [2.75, 3.05) is 17.2 Å². The van der Waals surface area contributed by atoms with Crippen LogP contribution in [-0.2, 0) is 13.0 Å². The normalized spacial score (nSPS) is 10.7. The topological polar surface area (TPSA) is 71.8 Å². The number of thiazole rings is 1. The number of aromatic nitrogens is 3. The molecule has 0 aliphatic carbocycles. The fourth-order valence-corrected chi connectivity index (χ4v) is 3.99. The fourth-order valence-electron chi connectivity index (χ4n) is 3.20. The van der Waals surface area contributed by atoms with Gasteiger partial charge in [0.25, 0.3) is 0 Å². The van der Waals surface area contributed by atoms with Gasteiger partial charge in [0.05, 0.1) is 11.1 Å². The Morgan fingerprint density at radius 3 is 2.61 bits per heavy atom. The van der Waals surface area contributed by atoms with Gasteiger partial charge in [0, 0.05) is 31.9 Å². The minimum absolute atomic E-state index is 0.112. The van der Waals surface area contributed by atoms with Gasteiger partial charge in [-0.25, -0.2) is 9.97 Å². The number of hydrogen-bond donors (Lipinski definition) is 2. The molecule has 0 radical (unpaired) electrons. The number of benzene rings is 1. The Morgan fingerprint density at radius 2 is 1.77 bits per heavy atom. The molecule has 158 valence electrons. The van der Waals surface area contributed by atoms with Gasteiger partial charge in [0.15, 0.2) is 10.9 Å². The Labute approximate surface area is 186 Å². The summed E-state index contributed by atoms with van der Waals surface area (Å²) in [5.41, 5.74) is 1.17. The summed E-state index contributed by atoms with van der Waals surface area (Å²) in [4.78, 5) is 22.1. The minimum Gasteiger partial charge on any atom is -0.370 e.